The first-order chi connectivity index (χ1) is 7.31. The normalized spacial score (nSPS) is 10.2. The molecule has 0 saturated heterocycles. The summed E-state index contributed by atoms with van der Waals surface area (Å²) in [6.07, 6.45) is 3.48. The van der Waals surface area contributed by atoms with Crippen molar-refractivity contribution < 1.29 is 4.79 Å². The van der Waals surface area contributed by atoms with Crippen LogP contribution in [0.4, 0.5) is 5.69 Å². The molecule has 0 spiro atoms. The molecule has 0 fully saturated rings. The lowest BCUT2D eigenvalue weighted by Gasteiger charge is -2.06. The molecule has 1 aromatic carbocycles. The van der Waals surface area contributed by atoms with Gasteiger partial charge in [0.2, 0.25) is 5.91 Å². The molecule has 0 aliphatic heterocycles. The molecule has 1 aromatic heterocycles. The van der Waals surface area contributed by atoms with Gasteiger partial charge in [0.15, 0.2) is 0 Å². The van der Waals surface area contributed by atoms with Crippen molar-refractivity contribution in [2.45, 2.75) is 0 Å². The van der Waals surface area contributed by atoms with Crippen molar-refractivity contribution in [2.24, 2.45) is 0 Å². The minimum absolute atomic E-state index is 0.109. The van der Waals surface area contributed by atoms with Crippen LogP contribution in [-0.2, 0) is 4.79 Å². The molecule has 1 heterocycles. The van der Waals surface area contributed by atoms with Crippen molar-refractivity contribution in [1.29, 1.82) is 0 Å². The van der Waals surface area contributed by atoms with Gasteiger partial charge in [0.25, 0.3) is 0 Å². The zero-order valence-electron chi connectivity index (χ0n) is 7.97. The molecule has 2 aromatic rings. The van der Waals surface area contributed by atoms with Gasteiger partial charge in [0.05, 0.1) is 5.75 Å². The third-order valence-electron chi connectivity index (χ3n) is 2.10. The van der Waals surface area contributed by atoms with Gasteiger partial charge in [0, 0.05) is 28.9 Å². The van der Waals surface area contributed by atoms with Crippen LogP contribution in [0.25, 0.3) is 10.8 Å². The van der Waals surface area contributed by atoms with Crippen LogP contribution in [0.15, 0.2) is 36.7 Å². The number of nitrogens with one attached hydrogen (secondary N) is 1. The van der Waals surface area contributed by atoms with E-state index in [1.165, 1.54) is 0 Å². The van der Waals surface area contributed by atoms with E-state index in [1.54, 1.807) is 12.4 Å². The molecule has 0 radical (unpaired) electrons. The van der Waals surface area contributed by atoms with Gasteiger partial charge in [-0.1, -0.05) is 12.1 Å². The molecule has 2 rings (SSSR count). The first-order valence-corrected chi connectivity index (χ1v) is 5.18. The number of aromatic nitrogens is 1. The summed E-state index contributed by atoms with van der Waals surface area (Å²) in [7, 11) is 0. The van der Waals surface area contributed by atoms with Gasteiger partial charge in [0.1, 0.15) is 0 Å². The van der Waals surface area contributed by atoms with Crippen LogP contribution >= 0.6 is 12.6 Å². The molecule has 0 atom stereocenters. The highest BCUT2D eigenvalue weighted by Gasteiger charge is 2.03. The molecule has 0 bridgehead atoms. The molecule has 0 saturated carbocycles. The smallest absolute Gasteiger partial charge is 0.234 e. The van der Waals surface area contributed by atoms with Gasteiger partial charge in [-0.25, -0.2) is 0 Å². The average molecular weight is 218 g/mol. The van der Waals surface area contributed by atoms with Crippen LogP contribution in [0, 0.1) is 0 Å². The van der Waals surface area contributed by atoms with E-state index in [-0.39, 0.29) is 11.7 Å². The fraction of sp³-hybridized carbons (Fsp3) is 0.0909. The molecule has 0 aliphatic rings. The lowest BCUT2D eigenvalue weighted by atomic mass is 10.1. The number of hydrogen-bond donors (Lipinski definition) is 2. The predicted octanol–water partition coefficient (Wildman–Crippen LogP) is 2.10. The summed E-state index contributed by atoms with van der Waals surface area (Å²) >= 11 is 3.92. The van der Waals surface area contributed by atoms with Crippen molar-refractivity contribution in [1.82, 2.24) is 4.98 Å². The molecule has 3 nitrogen and oxygen atoms in total. The Morgan fingerprint density at radius 3 is 3.07 bits per heavy atom. The molecule has 1 N–H and O–H groups in total. The number of carbonyl (C=O) groups is 1. The average Bonchev–Trinajstić information content (AvgIpc) is 2.29. The molecule has 0 aliphatic carbocycles. The monoisotopic (exact) mass is 218 g/mol. The number of hydrogen-bond acceptors (Lipinski definition) is 3. The minimum Gasteiger partial charge on any atom is -0.325 e. The van der Waals surface area contributed by atoms with E-state index in [1.807, 2.05) is 24.3 Å². The summed E-state index contributed by atoms with van der Waals surface area (Å²) in [6.45, 7) is 0. The Balaban J connectivity index is 2.46. The summed E-state index contributed by atoms with van der Waals surface area (Å²) in [5, 5.41) is 4.79. The maximum Gasteiger partial charge on any atom is 0.234 e. The first-order valence-electron chi connectivity index (χ1n) is 4.55. The van der Waals surface area contributed by atoms with Crippen LogP contribution in [0.3, 0.4) is 0 Å². The lowest BCUT2D eigenvalue weighted by molar-refractivity contribution is -0.113. The quantitative estimate of drug-likeness (QED) is 0.758. The zero-order valence-corrected chi connectivity index (χ0v) is 8.87. The fourth-order valence-corrected chi connectivity index (χ4v) is 1.50. The molecule has 4 heteroatoms. The van der Waals surface area contributed by atoms with Gasteiger partial charge in [-0.05, 0) is 12.1 Å². The van der Waals surface area contributed by atoms with Crippen molar-refractivity contribution in [3.05, 3.63) is 36.7 Å². The Labute approximate surface area is 92.9 Å². The Bertz CT molecular complexity index is 493. The SMILES string of the molecule is O=C(CS)Nc1cccc2cnccc12. The highest BCUT2D eigenvalue weighted by molar-refractivity contribution is 7.81. The van der Waals surface area contributed by atoms with Gasteiger partial charge >= 0.3 is 0 Å². The Morgan fingerprint density at radius 1 is 1.40 bits per heavy atom. The summed E-state index contributed by atoms with van der Waals surface area (Å²) in [6, 6.07) is 7.59. The van der Waals surface area contributed by atoms with E-state index in [2.05, 4.69) is 22.9 Å². The molecule has 1 amide bonds. The van der Waals surface area contributed by atoms with E-state index < -0.39 is 0 Å². The molecule has 76 valence electrons. The first kappa shape index (κ1) is 9.98. The van der Waals surface area contributed by atoms with Crippen LogP contribution in [0.5, 0.6) is 0 Å². The molecule has 0 unspecified atom stereocenters. The topological polar surface area (TPSA) is 42.0 Å². The summed E-state index contributed by atoms with van der Waals surface area (Å²) < 4.78 is 0. The summed E-state index contributed by atoms with van der Waals surface area (Å²) in [5.41, 5.74) is 0.800. The largest absolute Gasteiger partial charge is 0.325 e. The van der Waals surface area contributed by atoms with Crippen molar-refractivity contribution in [3.8, 4) is 0 Å². The maximum atomic E-state index is 11.2. The molecule has 15 heavy (non-hydrogen) atoms. The van der Waals surface area contributed by atoms with Crippen LogP contribution < -0.4 is 5.32 Å². The number of rotatable bonds is 2. The van der Waals surface area contributed by atoms with Crippen molar-refractivity contribution >= 4 is 35.0 Å². The second-order valence-corrected chi connectivity index (χ2v) is 3.42. The van der Waals surface area contributed by atoms with E-state index in [9.17, 15) is 4.79 Å². The number of anilines is 1. The highest BCUT2D eigenvalue weighted by Crippen LogP contribution is 2.21. The van der Waals surface area contributed by atoms with E-state index in [0.29, 0.717) is 0 Å². The number of carbonyl (C=O) groups excluding carboxylic acids is 1. The number of fused-ring (bicyclic) bond motifs is 1. The third kappa shape index (κ3) is 2.10. The van der Waals surface area contributed by atoms with Crippen molar-refractivity contribution in [2.75, 3.05) is 11.1 Å². The molecular weight excluding hydrogens is 208 g/mol. The standard InChI is InChI=1S/C11H10N2OS/c14-11(7-15)13-10-3-1-2-8-6-12-5-4-9(8)10/h1-6,15H,7H2,(H,13,14). The van der Waals surface area contributed by atoms with Crippen LogP contribution in [-0.4, -0.2) is 16.6 Å². The van der Waals surface area contributed by atoms with Gasteiger partial charge in [-0.3, -0.25) is 9.78 Å². The maximum absolute atomic E-state index is 11.2. The predicted molar refractivity (Wildman–Crippen MR) is 64.2 cm³/mol. The molecular formula is C11H10N2OS. The Kier molecular flexibility index (Phi) is 2.87. The number of amides is 1. The van der Waals surface area contributed by atoms with Gasteiger partial charge < -0.3 is 5.32 Å². The Hall–Kier alpha value is -1.55. The number of pyridine rings is 1. The van der Waals surface area contributed by atoms with Gasteiger partial charge in [-0.15, -0.1) is 0 Å². The fourth-order valence-electron chi connectivity index (χ4n) is 1.42. The lowest BCUT2D eigenvalue weighted by Crippen LogP contribution is -2.12. The van der Waals surface area contributed by atoms with Gasteiger partial charge in [-0.2, -0.15) is 12.6 Å². The van der Waals surface area contributed by atoms with E-state index in [4.69, 9.17) is 0 Å². The number of nitrogens with zero attached hydrogens (tertiary/aromatic N) is 1. The summed E-state index contributed by atoms with van der Waals surface area (Å²) in [5.74, 6) is 0.0734. The van der Waals surface area contributed by atoms with Crippen LogP contribution in [0.2, 0.25) is 0 Å². The van der Waals surface area contributed by atoms with E-state index >= 15 is 0 Å². The van der Waals surface area contributed by atoms with E-state index in [0.717, 1.165) is 16.5 Å². The number of benzene rings is 1. The minimum atomic E-state index is -0.109. The number of thiol groups is 1. The second-order valence-electron chi connectivity index (χ2n) is 3.11. The van der Waals surface area contributed by atoms with Crippen LogP contribution in [0.1, 0.15) is 0 Å². The summed E-state index contributed by atoms with van der Waals surface area (Å²) in [4.78, 5) is 15.2. The van der Waals surface area contributed by atoms with Crippen molar-refractivity contribution in [3.63, 3.8) is 0 Å². The second kappa shape index (κ2) is 4.31. The Morgan fingerprint density at radius 2 is 2.27 bits per heavy atom. The third-order valence-corrected chi connectivity index (χ3v) is 2.39. The highest BCUT2D eigenvalue weighted by atomic mass is 32.1. The zero-order chi connectivity index (χ0) is 10.7.